The Kier molecular flexibility index (Phi) is 5.49. The number of aliphatic hydroxyl groups is 1. The van der Waals surface area contributed by atoms with Gasteiger partial charge in [-0.1, -0.05) is 13.8 Å². The van der Waals surface area contributed by atoms with Gasteiger partial charge < -0.3 is 15.3 Å². The number of piperidine rings is 1. The van der Waals surface area contributed by atoms with Gasteiger partial charge in [-0.25, -0.2) is 0 Å². The van der Waals surface area contributed by atoms with Gasteiger partial charge in [0.05, 0.1) is 5.60 Å². The van der Waals surface area contributed by atoms with Crippen LogP contribution in [-0.2, 0) is 0 Å². The van der Waals surface area contributed by atoms with E-state index < -0.39 is 5.60 Å². The largest absolute Gasteiger partial charge is 0.389 e. The maximum absolute atomic E-state index is 10.3. The predicted molar refractivity (Wildman–Crippen MR) is 84.8 cm³/mol. The summed E-state index contributed by atoms with van der Waals surface area (Å²) >= 11 is 0. The Morgan fingerprint density at radius 2 is 2.10 bits per heavy atom. The lowest BCUT2D eigenvalue weighted by Gasteiger charge is -2.43. The quantitative estimate of drug-likeness (QED) is 0.831. The average molecular weight is 282 g/mol. The molecule has 2 aliphatic rings. The molecule has 20 heavy (non-hydrogen) atoms. The van der Waals surface area contributed by atoms with Crippen LogP contribution in [0.25, 0.3) is 0 Å². The minimum atomic E-state index is -0.473. The second-order valence-corrected chi connectivity index (χ2v) is 7.81. The fourth-order valence-electron chi connectivity index (χ4n) is 4.30. The molecule has 3 nitrogen and oxygen atoms in total. The summed E-state index contributed by atoms with van der Waals surface area (Å²) in [5.74, 6) is 2.43. The van der Waals surface area contributed by atoms with E-state index in [2.05, 4.69) is 31.1 Å². The van der Waals surface area contributed by atoms with E-state index in [1.54, 1.807) is 0 Å². The molecule has 4 unspecified atom stereocenters. The zero-order chi connectivity index (χ0) is 14.8. The molecule has 2 rings (SSSR count). The van der Waals surface area contributed by atoms with Crippen LogP contribution in [0.3, 0.4) is 0 Å². The molecule has 0 bridgehead atoms. The lowest BCUT2D eigenvalue weighted by atomic mass is 9.73. The Balaban J connectivity index is 1.93. The first-order chi connectivity index (χ1) is 9.41. The van der Waals surface area contributed by atoms with E-state index in [9.17, 15) is 5.11 Å². The second kappa shape index (κ2) is 6.76. The lowest BCUT2D eigenvalue weighted by Crippen LogP contribution is -2.51. The van der Waals surface area contributed by atoms with E-state index in [1.165, 1.54) is 19.3 Å². The topological polar surface area (TPSA) is 35.5 Å². The van der Waals surface area contributed by atoms with Gasteiger partial charge in [0.25, 0.3) is 0 Å². The van der Waals surface area contributed by atoms with E-state index in [0.717, 1.165) is 50.2 Å². The van der Waals surface area contributed by atoms with E-state index in [-0.39, 0.29) is 0 Å². The van der Waals surface area contributed by atoms with Crippen molar-refractivity contribution in [2.24, 2.45) is 17.8 Å². The normalized spacial score (nSPS) is 40.2. The molecule has 1 aliphatic heterocycles. The van der Waals surface area contributed by atoms with E-state index in [0.29, 0.717) is 6.04 Å². The van der Waals surface area contributed by atoms with Gasteiger partial charge in [0.1, 0.15) is 0 Å². The van der Waals surface area contributed by atoms with Gasteiger partial charge in [-0.3, -0.25) is 0 Å². The average Bonchev–Trinajstić information content (AvgIpc) is 2.37. The van der Waals surface area contributed by atoms with Crippen LogP contribution in [0, 0.1) is 17.8 Å². The van der Waals surface area contributed by atoms with E-state index in [4.69, 9.17) is 0 Å². The smallest absolute Gasteiger partial charge is 0.0746 e. The van der Waals surface area contributed by atoms with Gasteiger partial charge >= 0.3 is 0 Å². The number of rotatable bonds is 4. The number of nitrogens with one attached hydrogen (secondary N) is 1. The summed E-state index contributed by atoms with van der Waals surface area (Å²) in [6.07, 6.45) is 6.13. The van der Waals surface area contributed by atoms with Crippen LogP contribution in [0.15, 0.2) is 0 Å². The summed E-state index contributed by atoms with van der Waals surface area (Å²) in [6.45, 7) is 9.90. The molecule has 1 aliphatic carbocycles. The van der Waals surface area contributed by atoms with Gasteiger partial charge in [-0.05, 0) is 70.4 Å². The third kappa shape index (κ3) is 4.19. The summed E-state index contributed by atoms with van der Waals surface area (Å²) in [6, 6.07) is 0.664. The first kappa shape index (κ1) is 16.3. The van der Waals surface area contributed by atoms with Crippen LogP contribution >= 0.6 is 0 Å². The Morgan fingerprint density at radius 1 is 1.35 bits per heavy atom. The Morgan fingerprint density at radius 3 is 2.70 bits per heavy atom. The molecule has 0 radical (unpaired) electrons. The molecular weight excluding hydrogens is 248 g/mol. The number of hydrogen-bond acceptors (Lipinski definition) is 3. The molecule has 0 aromatic heterocycles. The molecule has 118 valence electrons. The van der Waals surface area contributed by atoms with Crippen molar-refractivity contribution in [1.82, 2.24) is 10.2 Å². The van der Waals surface area contributed by atoms with Crippen LogP contribution in [0.1, 0.15) is 52.9 Å². The van der Waals surface area contributed by atoms with Crippen molar-refractivity contribution in [2.75, 3.05) is 26.7 Å². The summed E-state index contributed by atoms with van der Waals surface area (Å²) in [5, 5.41) is 13.8. The highest BCUT2D eigenvalue weighted by atomic mass is 16.3. The van der Waals surface area contributed by atoms with E-state index >= 15 is 0 Å². The molecule has 0 aromatic rings. The van der Waals surface area contributed by atoms with Crippen LogP contribution in [0.2, 0.25) is 0 Å². The fourth-order valence-corrected chi connectivity index (χ4v) is 4.30. The minimum Gasteiger partial charge on any atom is -0.389 e. The second-order valence-electron chi connectivity index (χ2n) is 7.81. The van der Waals surface area contributed by atoms with Crippen molar-refractivity contribution >= 4 is 0 Å². The Hall–Kier alpha value is -0.120. The highest BCUT2D eigenvalue weighted by Gasteiger charge is 2.35. The number of hydrogen-bond donors (Lipinski definition) is 2. The molecule has 2 N–H and O–H groups in total. The highest BCUT2D eigenvalue weighted by Crippen LogP contribution is 2.35. The molecule has 0 amide bonds. The molecule has 0 aromatic carbocycles. The van der Waals surface area contributed by atoms with Crippen LogP contribution in [-0.4, -0.2) is 48.3 Å². The first-order valence-electron chi connectivity index (χ1n) is 8.53. The summed E-state index contributed by atoms with van der Waals surface area (Å²) in [5.41, 5.74) is -0.473. The SMILES string of the molecule is CNC1CCC(C(C)C)CC1CN1CCCC(C)(O)C1. The zero-order valence-corrected chi connectivity index (χ0v) is 13.9. The van der Waals surface area contributed by atoms with Crippen LogP contribution < -0.4 is 5.32 Å². The van der Waals surface area contributed by atoms with Gasteiger partial charge in [0.2, 0.25) is 0 Å². The van der Waals surface area contributed by atoms with Crippen LogP contribution in [0.4, 0.5) is 0 Å². The lowest BCUT2D eigenvalue weighted by molar-refractivity contribution is -0.0250. The summed E-state index contributed by atoms with van der Waals surface area (Å²) in [7, 11) is 2.11. The predicted octanol–water partition coefficient (Wildman–Crippen LogP) is 2.49. The molecule has 2 fully saturated rings. The molecule has 3 heteroatoms. The molecule has 4 atom stereocenters. The van der Waals surface area contributed by atoms with Crippen molar-refractivity contribution in [3.63, 3.8) is 0 Å². The molecule has 1 heterocycles. The van der Waals surface area contributed by atoms with Crippen molar-refractivity contribution in [1.29, 1.82) is 0 Å². The van der Waals surface area contributed by atoms with E-state index in [1.807, 2.05) is 6.92 Å². The fraction of sp³-hybridized carbons (Fsp3) is 1.00. The van der Waals surface area contributed by atoms with Gasteiger partial charge in [-0.2, -0.15) is 0 Å². The Bertz CT molecular complexity index is 303. The Labute approximate surface area is 125 Å². The molecule has 1 saturated heterocycles. The van der Waals surface area contributed by atoms with Gasteiger partial charge in [0, 0.05) is 19.1 Å². The maximum Gasteiger partial charge on any atom is 0.0746 e. The standard InChI is InChI=1S/C17H34N2O/c1-13(2)14-6-7-16(18-4)15(10-14)11-19-9-5-8-17(3,20)12-19/h13-16,18,20H,5-12H2,1-4H3. The van der Waals surface area contributed by atoms with Crippen LogP contribution in [0.5, 0.6) is 0 Å². The van der Waals surface area contributed by atoms with Gasteiger partial charge in [0.15, 0.2) is 0 Å². The summed E-state index contributed by atoms with van der Waals surface area (Å²) in [4.78, 5) is 2.50. The molecule has 0 spiro atoms. The molecule has 1 saturated carbocycles. The maximum atomic E-state index is 10.3. The van der Waals surface area contributed by atoms with Crippen molar-refractivity contribution in [3.8, 4) is 0 Å². The van der Waals surface area contributed by atoms with Crippen molar-refractivity contribution in [2.45, 2.75) is 64.5 Å². The highest BCUT2D eigenvalue weighted by molar-refractivity contribution is 4.90. The molecular formula is C17H34N2O. The third-order valence-corrected chi connectivity index (χ3v) is 5.58. The van der Waals surface area contributed by atoms with Crippen molar-refractivity contribution < 1.29 is 5.11 Å². The number of likely N-dealkylation sites (tertiary alicyclic amines) is 1. The third-order valence-electron chi connectivity index (χ3n) is 5.58. The number of nitrogens with zero attached hydrogens (tertiary/aromatic N) is 1. The minimum absolute atomic E-state index is 0.473. The summed E-state index contributed by atoms with van der Waals surface area (Å²) < 4.78 is 0. The zero-order valence-electron chi connectivity index (χ0n) is 13.9. The number of β-amino-alcohol motifs (C(OH)–C–C–N with tert-alkyl or cyclic N) is 1. The monoisotopic (exact) mass is 282 g/mol. The first-order valence-corrected chi connectivity index (χ1v) is 8.53. The van der Waals surface area contributed by atoms with Crippen molar-refractivity contribution in [3.05, 3.63) is 0 Å². The van der Waals surface area contributed by atoms with Gasteiger partial charge in [-0.15, -0.1) is 0 Å².